The minimum atomic E-state index is -5.64. The number of nitrogens with two attached hydrogens (primary N) is 1. The first kappa shape index (κ1) is 33.5. The van der Waals surface area contributed by atoms with Gasteiger partial charge in [0.15, 0.2) is 0 Å². The van der Waals surface area contributed by atoms with Crippen molar-refractivity contribution >= 4 is 45.0 Å². The first-order chi connectivity index (χ1) is 20.3. The highest BCUT2D eigenvalue weighted by Gasteiger charge is 2.47. The maximum absolute atomic E-state index is 13.9. The fourth-order valence-electron chi connectivity index (χ4n) is 5.69. The average molecular weight is 665 g/mol. The predicted molar refractivity (Wildman–Crippen MR) is 158 cm³/mol. The zero-order chi connectivity index (χ0) is 31.4. The second-order valence-corrected chi connectivity index (χ2v) is 13.4. The lowest BCUT2D eigenvalue weighted by molar-refractivity contribution is -0.143. The van der Waals surface area contributed by atoms with Gasteiger partial charge in [-0.3, -0.25) is 14.5 Å². The van der Waals surface area contributed by atoms with Gasteiger partial charge < -0.3 is 16.0 Å². The zero-order valence-electron chi connectivity index (χ0n) is 23.2. The van der Waals surface area contributed by atoms with E-state index in [4.69, 9.17) is 28.9 Å². The normalized spacial score (nSPS) is 22.2. The summed E-state index contributed by atoms with van der Waals surface area (Å²) in [5.74, 6) is -0.995. The second-order valence-electron chi connectivity index (χ2n) is 10.8. The topological polar surface area (TPSA) is 125 Å². The van der Waals surface area contributed by atoms with Crippen LogP contribution >= 0.6 is 23.2 Å². The van der Waals surface area contributed by atoms with Crippen LogP contribution in [0.3, 0.4) is 0 Å². The molecule has 4 rings (SSSR count). The number of nitrogens with zero attached hydrogens (tertiary/aromatic N) is 2. The molecule has 4 atom stereocenters. The van der Waals surface area contributed by atoms with Gasteiger partial charge in [0.25, 0.3) is 0 Å². The molecule has 2 heterocycles. The van der Waals surface area contributed by atoms with E-state index in [0.29, 0.717) is 30.0 Å². The molecule has 2 aliphatic rings. The van der Waals surface area contributed by atoms with Crippen LogP contribution in [0.25, 0.3) is 0 Å². The third-order valence-corrected chi connectivity index (χ3v) is 9.80. The van der Waals surface area contributed by atoms with Gasteiger partial charge in [-0.15, -0.1) is 0 Å². The summed E-state index contributed by atoms with van der Waals surface area (Å²) in [5, 5.41) is 3.31. The molecule has 2 aromatic rings. The maximum Gasteiger partial charge on any atom is 0.511 e. The fraction of sp³-hybridized carbons (Fsp3) is 0.500. The smallest absolute Gasteiger partial charge is 0.350 e. The van der Waals surface area contributed by atoms with Gasteiger partial charge in [0, 0.05) is 38.3 Å². The Morgan fingerprint density at radius 3 is 2.49 bits per heavy atom. The number of benzene rings is 2. The van der Waals surface area contributed by atoms with E-state index in [2.05, 4.69) is 10.2 Å². The third-order valence-electron chi connectivity index (χ3n) is 7.87. The molecule has 2 amide bonds. The molecule has 236 valence electrons. The molecule has 0 bridgehead atoms. The van der Waals surface area contributed by atoms with E-state index in [1.54, 1.807) is 18.2 Å². The van der Waals surface area contributed by atoms with Gasteiger partial charge in [-0.25, -0.2) is 13.1 Å². The van der Waals surface area contributed by atoms with Crippen LogP contribution in [0.1, 0.15) is 36.8 Å². The number of amides is 2. The van der Waals surface area contributed by atoms with Gasteiger partial charge in [0.2, 0.25) is 11.8 Å². The lowest BCUT2D eigenvalue weighted by atomic mass is 10.0. The number of nitrogens with one attached hydrogen (secondary N) is 2. The number of sulfonamides is 1. The quantitative estimate of drug-likeness (QED) is 0.338. The van der Waals surface area contributed by atoms with Crippen LogP contribution in [0.15, 0.2) is 48.5 Å². The van der Waals surface area contributed by atoms with Crippen molar-refractivity contribution in [3.05, 3.63) is 69.7 Å². The molecule has 1 unspecified atom stereocenters. The molecular weight excluding hydrogens is 630 g/mol. The molecule has 2 saturated heterocycles. The van der Waals surface area contributed by atoms with Gasteiger partial charge >= 0.3 is 15.5 Å². The predicted octanol–water partition coefficient (Wildman–Crippen LogP) is 3.44. The van der Waals surface area contributed by atoms with Crippen molar-refractivity contribution in [1.29, 1.82) is 0 Å². The SMILES string of the molecule is N[C@@H]1C[C@H]2C(=O)N([C@H](CCNS(=O)(=O)C(F)(F)F)C(=O)NCc3ccc(Cl)c(Cl)c3)CCC(CCc3ccccc3)N2C1. The molecule has 2 aliphatic heterocycles. The summed E-state index contributed by atoms with van der Waals surface area (Å²) >= 11 is 12.0. The van der Waals surface area contributed by atoms with E-state index < -0.39 is 40.1 Å². The summed E-state index contributed by atoms with van der Waals surface area (Å²) in [6.45, 7) is -0.0366. The maximum atomic E-state index is 13.9. The van der Waals surface area contributed by atoms with Gasteiger partial charge in [0.05, 0.1) is 16.1 Å². The molecular formula is C28H34Cl2F3N5O4S. The number of carbonyl (C=O) groups is 2. The summed E-state index contributed by atoms with van der Waals surface area (Å²) in [7, 11) is -5.64. The Hall–Kier alpha value is -2.42. The second kappa shape index (κ2) is 14.1. The zero-order valence-corrected chi connectivity index (χ0v) is 25.5. The van der Waals surface area contributed by atoms with E-state index in [1.165, 1.54) is 9.62 Å². The summed E-state index contributed by atoms with van der Waals surface area (Å²) in [5.41, 5.74) is 2.51. The Labute approximate surface area is 258 Å². The molecule has 4 N–H and O–H groups in total. The van der Waals surface area contributed by atoms with Gasteiger partial charge in [-0.05, 0) is 55.4 Å². The molecule has 0 radical (unpaired) electrons. The van der Waals surface area contributed by atoms with Crippen molar-refractivity contribution < 1.29 is 31.2 Å². The van der Waals surface area contributed by atoms with E-state index in [-0.39, 0.29) is 42.5 Å². The third kappa shape index (κ3) is 8.40. The van der Waals surface area contributed by atoms with Crippen LogP contribution < -0.4 is 15.8 Å². The van der Waals surface area contributed by atoms with Crippen molar-refractivity contribution in [1.82, 2.24) is 19.8 Å². The molecule has 2 fully saturated rings. The van der Waals surface area contributed by atoms with Gasteiger partial charge in [-0.2, -0.15) is 13.2 Å². The first-order valence-corrected chi connectivity index (χ1v) is 16.1. The average Bonchev–Trinajstić information content (AvgIpc) is 3.29. The number of alkyl halides is 3. The fourth-order valence-corrected chi connectivity index (χ4v) is 6.56. The minimum absolute atomic E-state index is 0.00264. The van der Waals surface area contributed by atoms with E-state index >= 15 is 0 Å². The van der Waals surface area contributed by atoms with Crippen LogP contribution in [-0.2, 0) is 32.6 Å². The Bertz CT molecular complexity index is 1400. The minimum Gasteiger partial charge on any atom is -0.350 e. The number of rotatable bonds is 11. The van der Waals surface area contributed by atoms with Gasteiger partial charge in [0.1, 0.15) is 6.04 Å². The molecule has 0 spiro atoms. The summed E-state index contributed by atoms with van der Waals surface area (Å²) in [6.07, 6.45) is 2.02. The van der Waals surface area contributed by atoms with Crippen LogP contribution in [0, 0.1) is 0 Å². The number of carbonyl (C=O) groups excluding carboxylic acids is 2. The van der Waals surface area contributed by atoms with Crippen molar-refractivity contribution in [3.63, 3.8) is 0 Å². The molecule has 2 aromatic carbocycles. The summed E-state index contributed by atoms with van der Waals surface area (Å²) in [4.78, 5) is 30.9. The van der Waals surface area contributed by atoms with E-state index in [0.717, 1.165) is 18.4 Å². The summed E-state index contributed by atoms with van der Waals surface area (Å²) < 4.78 is 63.6. The van der Waals surface area contributed by atoms with E-state index in [1.807, 2.05) is 30.3 Å². The first-order valence-electron chi connectivity index (χ1n) is 13.9. The molecule has 0 saturated carbocycles. The van der Waals surface area contributed by atoms with Crippen LogP contribution in [-0.4, -0.2) is 79.3 Å². The highest BCUT2D eigenvalue weighted by molar-refractivity contribution is 7.90. The summed E-state index contributed by atoms with van der Waals surface area (Å²) in [6, 6.07) is 12.5. The molecule has 9 nitrogen and oxygen atoms in total. The molecule has 15 heteroatoms. The van der Waals surface area contributed by atoms with Crippen molar-refractivity contribution in [2.45, 2.75) is 68.3 Å². The lowest BCUT2D eigenvalue weighted by Crippen LogP contribution is -2.54. The molecule has 43 heavy (non-hydrogen) atoms. The molecule has 0 aromatic heterocycles. The lowest BCUT2D eigenvalue weighted by Gasteiger charge is -2.32. The number of hydrogen-bond acceptors (Lipinski definition) is 6. The van der Waals surface area contributed by atoms with Crippen LogP contribution in [0.4, 0.5) is 13.2 Å². The Morgan fingerprint density at radius 1 is 1.09 bits per heavy atom. The standard InChI is InChI=1S/C28H34Cl2F3N5O4S/c29-22-9-7-19(14-23(22)30)16-35-26(39)24(10-12-36-43(41,42)28(31,32)33)37-13-11-21(8-6-18-4-2-1-3-5-18)38-17-20(34)15-25(38)27(37)40/h1-5,7,9,14,20-21,24-25,36H,6,8,10-13,15-17,34H2,(H,35,39)/t20-,21?,24-,25+/m1/s1. The Balaban J connectivity index is 1.54. The highest BCUT2D eigenvalue weighted by atomic mass is 35.5. The van der Waals surface area contributed by atoms with Crippen LogP contribution in [0.5, 0.6) is 0 Å². The number of aryl methyl sites for hydroxylation is 1. The van der Waals surface area contributed by atoms with Gasteiger partial charge in [-0.1, -0.05) is 59.6 Å². The van der Waals surface area contributed by atoms with Crippen molar-refractivity contribution in [2.24, 2.45) is 5.73 Å². The van der Waals surface area contributed by atoms with Crippen LogP contribution in [0.2, 0.25) is 10.0 Å². The monoisotopic (exact) mass is 663 g/mol. The number of halogens is 5. The Kier molecular flexibility index (Phi) is 11.0. The van der Waals surface area contributed by atoms with Crippen molar-refractivity contribution in [3.8, 4) is 0 Å². The molecule has 0 aliphatic carbocycles. The number of fused-ring (bicyclic) bond motifs is 1. The largest absolute Gasteiger partial charge is 0.511 e. The number of hydrogen-bond donors (Lipinski definition) is 3. The van der Waals surface area contributed by atoms with E-state index in [9.17, 15) is 31.2 Å². The van der Waals surface area contributed by atoms with Crippen molar-refractivity contribution in [2.75, 3.05) is 19.6 Å². The Morgan fingerprint density at radius 2 is 1.81 bits per heavy atom. The highest BCUT2D eigenvalue weighted by Crippen LogP contribution is 2.30.